The Morgan fingerprint density at radius 3 is 3.00 bits per heavy atom. The van der Waals surface area contributed by atoms with Gasteiger partial charge in [0, 0.05) is 47.1 Å². The van der Waals surface area contributed by atoms with Gasteiger partial charge in [0.25, 0.3) is 0 Å². The summed E-state index contributed by atoms with van der Waals surface area (Å²) in [4.78, 5) is 6.49. The van der Waals surface area contributed by atoms with Gasteiger partial charge in [-0.2, -0.15) is 0 Å². The highest BCUT2D eigenvalue weighted by Gasteiger charge is 2.19. The van der Waals surface area contributed by atoms with Gasteiger partial charge in [-0.25, -0.2) is 0 Å². The first-order valence-electron chi connectivity index (χ1n) is 6.31. The molecule has 0 radical (unpaired) electrons. The van der Waals surface area contributed by atoms with E-state index in [-0.39, 0.29) is 0 Å². The second-order valence-electron chi connectivity index (χ2n) is 5.02. The van der Waals surface area contributed by atoms with Gasteiger partial charge in [-0.05, 0) is 38.2 Å². The van der Waals surface area contributed by atoms with Crippen molar-refractivity contribution in [3.05, 3.63) is 30.6 Å². The number of pyridine rings is 1. The molecule has 2 aromatic rings. The second kappa shape index (κ2) is 4.46. The van der Waals surface area contributed by atoms with Gasteiger partial charge < -0.3 is 16.0 Å². The Bertz CT molecular complexity index is 567. The maximum absolute atomic E-state index is 5.98. The van der Waals surface area contributed by atoms with Crippen LogP contribution in [-0.4, -0.2) is 36.1 Å². The lowest BCUT2D eigenvalue weighted by atomic mass is 10.1. The average molecular weight is 242 g/mol. The van der Waals surface area contributed by atoms with E-state index in [0.717, 1.165) is 35.2 Å². The number of likely N-dealkylation sites (tertiary alicyclic amines) is 1. The molecule has 3 N–H and O–H groups in total. The molecule has 18 heavy (non-hydrogen) atoms. The summed E-state index contributed by atoms with van der Waals surface area (Å²) in [6.07, 6.45) is 4.83. The van der Waals surface area contributed by atoms with Gasteiger partial charge in [-0.1, -0.05) is 0 Å². The number of anilines is 2. The van der Waals surface area contributed by atoms with Crippen molar-refractivity contribution in [3.63, 3.8) is 0 Å². The van der Waals surface area contributed by atoms with E-state index in [9.17, 15) is 0 Å². The van der Waals surface area contributed by atoms with Crippen LogP contribution >= 0.6 is 0 Å². The van der Waals surface area contributed by atoms with Gasteiger partial charge in [0.2, 0.25) is 0 Å². The van der Waals surface area contributed by atoms with Gasteiger partial charge in [0.1, 0.15) is 0 Å². The maximum atomic E-state index is 5.98. The summed E-state index contributed by atoms with van der Waals surface area (Å²) < 4.78 is 0. The van der Waals surface area contributed by atoms with Crippen LogP contribution in [0.4, 0.5) is 11.4 Å². The first-order valence-corrected chi connectivity index (χ1v) is 6.31. The zero-order valence-electron chi connectivity index (χ0n) is 10.6. The highest BCUT2D eigenvalue weighted by molar-refractivity contribution is 6.00. The van der Waals surface area contributed by atoms with Gasteiger partial charge in [-0.3, -0.25) is 4.98 Å². The standard InChI is InChI=1S/C14H18N4/c1-18-7-5-10(9-18)17-14-3-2-13(15)12-8-16-6-4-11(12)14/h2-4,6,8,10,17H,5,7,9,15H2,1H3. The highest BCUT2D eigenvalue weighted by Crippen LogP contribution is 2.28. The SMILES string of the molecule is CN1CCC(Nc2ccc(N)c3cnccc23)C1. The summed E-state index contributed by atoms with van der Waals surface area (Å²) in [5.41, 5.74) is 7.92. The fourth-order valence-corrected chi connectivity index (χ4v) is 2.61. The molecule has 0 saturated carbocycles. The number of likely N-dealkylation sites (N-methyl/N-ethyl adjacent to an activating group) is 1. The predicted molar refractivity (Wildman–Crippen MR) is 75.7 cm³/mol. The number of nitrogen functional groups attached to an aromatic ring is 1. The van der Waals surface area contributed by atoms with E-state index in [4.69, 9.17) is 5.73 Å². The molecule has 2 heterocycles. The Hall–Kier alpha value is -1.81. The van der Waals surface area contributed by atoms with Crippen LogP contribution in [0.1, 0.15) is 6.42 Å². The molecule has 1 aromatic heterocycles. The fraction of sp³-hybridized carbons (Fsp3) is 0.357. The zero-order chi connectivity index (χ0) is 12.5. The molecule has 0 amide bonds. The number of hydrogen-bond donors (Lipinski definition) is 2. The molecule has 3 rings (SSSR count). The predicted octanol–water partition coefficient (Wildman–Crippen LogP) is 1.93. The summed E-state index contributed by atoms with van der Waals surface area (Å²) in [5.74, 6) is 0. The smallest absolute Gasteiger partial charge is 0.0425 e. The van der Waals surface area contributed by atoms with E-state index in [1.165, 1.54) is 6.42 Å². The topological polar surface area (TPSA) is 54.2 Å². The van der Waals surface area contributed by atoms with Crippen molar-refractivity contribution in [3.8, 4) is 0 Å². The monoisotopic (exact) mass is 242 g/mol. The van der Waals surface area contributed by atoms with Gasteiger partial charge in [-0.15, -0.1) is 0 Å². The normalized spacial score (nSPS) is 20.4. The van der Waals surface area contributed by atoms with Crippen LogP contribution in [0.5, 0.6) is 0 Å². The van der Waals surface area contributed by atoms with Gasteiger partial charge in [0.05, 0.1) is 0 Å². The lowest BCUT2D eigenvalue weighted by Gasteiger charge is -2.16. The second-order valence-corrected chi connectivity index (χ2v) is 5.02. The van der Waals surface area contributed by atoms with Crippen LogP contribution in [0.15, 0.2) is 30.6 Å². The molecule has 4 nitrogen and oxygen atoms in total. The molecule has 1 aliphatic heterocycles. The van der Waals surface area contributed by atoms with E-state index in [2.05, 4.69) is 28.3 Å². The molecule has 94 valence electrons. The Morgan fingerprint density at radius 2 is 2.22 bits per heavy atom. The number of nitrogens with one attached hydrogen (secondary N) is 1. The third kappa shape index (κ3) is 1.99. The van der Waals surface area contributed by atoms with Crippen molar-refractivity contribution in [2.24, 2.45) is 0 Å². The molecule has 1 fully saturated rings. The number of rotatable bonds is 2. The molecule has 1 unspecified atom stereocenters. The number of aromatic nitrogens is 1. The Kier molecular flexibility index (Phi) is 2.80. The maximum Gasteiger partial charge on any atom is 0.0425 e. The molecule has 1 atom stereocenters. The van der Waals surface area contributed by atoms with E-state index in [1.807, 2.05) is 24.5 Å². The molecule has 0 aliphatic carbocycles. The van der Waals surface area contributed by atoms with E-state index >= 15 is 0 Å². The van der Waals surface area contributed by atoms with Crippen molar-refractivity contribution in [2.75, 3.05) is 31.2 Å². The third-order valence-electron chi connectivity index (χ3n) is 3.60. The van der Waals surface area contributed by atoms with Crippen LogP contribution in [0.2, 0.25) is 0 Å². The van der Waals surface area contributed by atoms with Crippen LogP contribution < -0.4 is 11.1 Å². The summed E-state index contributed by atoms with van der Waals surface area (Å²) in [5, 5.41) is 5.79. The first kappa shape index (κ1) is 11.3. The molecule has 0 bridgehead atoms. The van der Waals surface area contributed by atoms with Crippen LogP contribution in [0, 0.1) is 0 Å². The summed E-state index contributed by atoms with van der Waals surface area (Å²) in [6, 6.07) is 6.56. The molecule has 1 aliphatic rings. The zero-order valence-corrected chi connectivity index (χ0v) is 10.6. The summed E-state index contributed by atoms with van der Waals surface area (Å²) in [7, 11) is 2.16. The number of nitrogens with zero attached hydrogens (tertiary/aromatic N) is 2. The molecular weight excluding hydrogens is 224 g/mol. The first-order chi connectivity index (χ1) is 8.74. The Balaban J connectivity index is 1.95. The van der Waals surface area contributed by atoms with Crippen LogP contribution in [-0.2, 0) is 0 Å². The third-order valence-corrected chi connectivity index (χ3v) is 3.60. The number of benzene rings is 1. The number of fused-ring (bicyclic) bond motifs is 1. The van der Waals surface area contributed by atoms with Gasteiger partial charge >= 0.3 is 0 Å². The molecule has 1 aromatic carbocycles. The van der Waals surface area contributed by atoms with Crippen LogP contribution in [0.25, 0.3) is 10.8 Å². The van der Waals surface area contributed by atoms with Crippen molar-refractivity contribution >= 4 is 22.1 Å². The number of nitrogens with two attached hydrogens (primary N) is 1. The van der Waals surface area contributed by atoms with E-state index in [1.54, 1.807) is 0 Å². The fourth-order valence-electron chi connectivity index (χ4n) is 2.61. The van der Waals surface area contributed by atoms with Crippen molar-refractivity contribution in [2.45, 2.75) is 12.5 Å². The largest absolute Gasteiger partial charge is 0.398 e. The van der Waals surface area contributed by atoms with Crippen molar-refractivity contribution in [1.82, 2.24) is 9.88 Å². The van der Waals surface area contributed by atoms with Crippen molar-refractivity contribution in [1.29, 1.82) is 0 Å². The highest BCUT2D eigenvalue weighted by atomic mass is 15.2. The van der Waals surface area contributed by atoms with Crippen molar-refractivity contribution < 1.29 is 0 Å². The lowest BCUT2D eigenvalue weighted by molar-refractivity contribution is 0.414. The summed E-state index contributed by atoms with van der Waals surface area (Å²) >= 11 is 0. The summed E-state index contributed by atoms with van der Waals surface area (Å²) in [6.45, 7) is 2.25. The minimum atomic E-state index is 0.523. The lowest BCUT2D eigenvalue weighted by Crippen LogP contribution is -2.23. The average Bonchev–Trinajstić information content (AvgIpc) is 2.79. The molecule has 1 saturated heterocycles. The van der Waals surface area contributed by atoms with Crippen LogP contribution in [0.3, 0.4) is 0 Å². The Labute approximate surface area is 107 Å². The van der Waals surface area contributed by atoms with Gasteiger partial charge in [0.15, 0.2) is 0 Å². The Morgan fingerprint density at radius 1 is 1.33 bits per heavy atom. The van der Waals surface area contributed by atoms with E-state index < -0.39 is 0 Å². The van der Waals surface area contributed by atoms with E-state index in [0.29, 0.717) is 6.04 Å². The molecular formula is C14H18N4. The molecule has 0 spiro atoms. The molecule has 4 heteroatoms. The minimum absolute atomic E-state index is 0.523. The number of hydrogen-bond acceptors (Lipinski definition) is 4. The minimum Gasteiger partial charge on any atom is -0.398 e. The quantitative estimate of drug-likeness (QED) is 0.790.